The summed E-state index contributed by atoms with van der Waals surface area (Å²) in [7, 11) is 0. The summed E-state index contributed by atoms with van der Waals surface area (Å²) in [6, 6.07) is 5.87. The fourth-order valence-corrected chi connectivity index (χ4v) is 1.86. The lowest BCUT2D eigenvalue weighted by Gasteiger charge is -2.12. The van der Waals surface area contributed by atoms with Crippen LogP contribution in [0, 0.1) is 6.92 Å². The molecule has 0 aliphatic carbocycles. The van der Waals surface area contributed by atoms with Gasteiger partial charge in [0.25, 0.3) is 5.91 Å². The number of hydrogen-bond acceptors (Lipinski definition) is 4. The topological polar surface area (TPSA) is 77.5 Å². The van der Waals surface area contributed by atoms with Gasteiger partial charge in [-0.2, -0.15) is 13.2 Å². The number of furan rings is 1. The Morgan fingerprint density at radius 2 is 2.09 bits per heavy atom. The minimum atomic E-state index is -4.40. The van der Waals surface area contributed by atoms with Crippen LogP contribution in [0.4, 0.5) is 18.9 Å². The highest BCUT2D eigenvalue weighted by atomic mass is 19.4. The van der Waals surface area contributed by atoms with Crippen LogP contribution in [0.2, 0.25) is 0 Å². The van der Waals surface area contributed by atoms with E-state index in [1.54, 1.807) is 6.92 Å². The molecule has 0 fully saturated rings. The Morgan fingerprint density at radius 3 is 2.65 bits per heavy atom. The van der Waals surface area contributed by atoms with Crippen molar-refractivity contribution in [3.63, 3.8) is 0 Å². The maximum Gasteiger partial charge on any atom is 0.422 e. The van der Waals surface area contributed by atoms with Crippen molar-refractivity contribution in [2.24, 2.45) is 5.73 Å². The number of nitrogens with one attached hydrogen (secondary N) is 1. The van der Waals surface area contributed by atoms with Crippen molar-refractivity contribution in [2.45, 2.75) is 19.6 Å². The molecular weight excluding hydrogens is 313 g/mol. The van der Waals surface area contributed by atoms with Crippen LogP contribution in [0.3, 0.4) is 0 Å². The first kappa shape index (κ1) is 16.9. The average molecular weight is 328 g/mol. The van der Waals surface area contributed by atoms with Gasteiger partial charge in [-0.15, -0.1) is 0 Å². The van der Waals surface area contributed by atoms with E-state index >= 15 is 0 Å². The van der Waals surface area contributed by atoms with Gasteiger partial charge in [-0.3, -0.25) is 4.79 Å². The number of anilines is 1. The monoisotopic (exact) mass is 328 g/mol. The van der Waals surface area contributed by atoms with E-state index in [4.69, 9.17) is 14.9 Å². The molecule has 5 nitrogen and oxygen atoms in total. The number of carbonyl (C=O) groups excluding carboxylic acids is 1. The lowest BCUT2D eigenvalue weighted by atomic mass is 10.2. The zero-order valence-corrected chi connectivity index (χ0v) is 12.2. The van der Waals surface area contributed by atoms with Crippen molar-refractivity contribution in [1.82, 2.24) is 0 Å². The molecule has 0 unspecified atom stereocenters. The van der Waals surface area contributed by atoms with E-state index in [1.165, 1.54) is 30.5 Å². The van der Waals surface area contributed by atoms with Crippen LogP contribution in [-0.2, 0) is 6.54 Å². The molecule has 0 spiro atoms. The summed E-state index contributed by atoms with van der Waals surface area (Å²) in [5, 5.41) is 2.62. The van der Waals surface area contributed by atoms with Gasteiger partial charge in [-0.25, -0.2) is 0 Å². The molecule has 0 radical (unpaired) electrons. The number of hydrogen-bond donors (Lipinski definition) is 2. The summed E-state index contributed by atoms with van der Waals surface area (Å²) in [4.78, 5) is 12.0. The van der Waals surface area contributed by atoms with Crippen molar-refractivity contribution in [1.29, 1.82) is 0 Å². The van der Waals surface area contributed by atoms with Crippen LogP contribution < -0.4 is 15.8 Å². The van der Waals surface area contributed by atoms with Crippen molar-refractivity contribution in [2.75, 3.05) is 11.9 Å². The van der Waals surface area contributed by atoms with Crippen molar-refractivity contribution >= 4 is 11.6 Å². The number of ether oxygens (including phenoxy) is 1. The van der Waals surface area contributed by atoms with Gasteiger partial charge in [0, 0.05) is 5.69 Å². The first-order chi connectivity index (χ1) is 10.8. The highest BCUT2D eigenvalue weighted by Crippen LogP contribution is 2.25. The third kappa shape index (κ3) is 4.75. The van der Waals surface area contributed by atoms with Crippen LogP contribution in [0.5, 0.6) is 5.75 Å². The Hall–Kier alpha value is -2.48. The molecule has 3 N–H and O–H groups in total. The Morgan fingerprint density at radius 1 is 1.35 bits per heavy atom. The second-order valence-electron chi connectivity index (χ2n) is 4.84. The molecule has 2 aromatic rings. The summed E-state index contributed by atoms with van der Waals surface area (Å²) in [6.07, 6.45) is -3.12. The summed E-state index contributed by atoms with van der Waals surface area (Å²) in [6.45, 7) is 0.403. The van der Waals surface area contributed by atoms with E-state index in [9.17, 15) is 18.0 Å². The van der Waals surface area contributed by atoms with Gasteiger partial charge in [0.05, 0.1) is 12.1 Å². The zero-order chi connectivity index (χ0) is 17.0. The van der Waals surface area contributed by atoms with E-state index in [0.29, 0.717) is 22.6 Å². The number of rotatable bonds is 5. The quantitative estimate of drug-likeness (QED) is 0.883. The predicted octanol–water partition coefficient (Wildman–Crippen LogP) is 3.24. The lowest BCUT2D eigenvalue weighted by molar-refractivity contribution is -0.153. The molecule has 124 valence electrons. The second-order valence-corrected chi connectivity index (χ2v) is 4.84. The van der Waals surface area contributed by atoms with E-state index in [-0.39, 0.29) is 12.3 Å². The highest BCUT2D eigenvalue weighted by Gasteiger charge is 2.28. The molecule has 0 saturated carbocycles. The Kier molecular flexibility index (Phi) is 4.95. The number of alkyl halides is 3. The largest absolute Gasteiger partial charge is 0.484 e. The van der Waals surface area contributed by atoms with Crippen molar-refractivity contribution < 1.29 is 27.1 Å². The van der Waals surface area contributed by atoms with Crippen molar-refractivity contribution in [3.05, 3.63) is 47.4 Å². The highest BCUT2D eigenvalue weighted by molar-refractivity contribution is 6.04. The standard InChI is InChI=1S/C15H15F3N2O3/c1-9-4-11(2-3-13(9)23-8-15(16,17)18)20-14(21)10-5-12(6-19)22-7-10/h2-5,7H,6,8,19H2,1H3,(H,20,21). The fourth-order valence-electron chi connectivity index (χ4n) is 1.86. The molecule has 23 heavy (non-hydrogen) atoms. The van der Waals surface area contributed by atoms with Crippen LogP contribution >= 0.6 is 0 Å². The lowest BCUT2D eigenvalue weighted by Crippen LogP contribution is -2.19. The summed E-state index contributed by atoms with van der Waals surface area (Å²) < 4.78 is 46.2. The van der Waals surface area contributed by atoms with Gasteiger partial charge in [0.15, 0.2) is 6.61 Å². The normalized spacial score (nSPS) is 11.3. The van der Waals surface area contributed by atoms with E-state index in [2.05, 4.69) is 5.32 Å². The Bertz CT molecular complexity index is 696. The zero-order valence-electron chi connectivity index (χ0n) is 12.2. The number of halogens is 3. The van der Waals surface area contributed by atoms with Gasteiger partial charge < -0.3 is 20.2 Å². The van der Waals surface area contributed by atoms with Gasteiger partial charge in [-0.1, -0.05) is 0 Å². The third-order valence-corrected chi connectivity index (χ3v) is 2.94. The molecule has 1 amide bonds. The molecule has 8 heteroatoms. The third-order valence-electron chi connectivity index (χ3n) is 2.94. The minimum absolute atomic E-state index is 0.106. The van der Waals surface area contributed by atoms with Crippen LogP contribution in [0.15, 0.2) is 34.9 Å². The number of aryl methyl sites for hydroxylation is 1. The fraction of sp³-hybridized carbons (Fsp3) is 0.267. The van der Waals surface area contributed by atoms with Crippen LogP contribution in [0.25, 0.3) is 0 Å². The Balaban J connectivity index is 2.03. The molecule has 0 aliphatic rings. The summed E-state index contributed by atoms with van der Waals surface area (Å²) >= 11 is 0. The molecule has 1 aromatic carbocycles. The van der Waals surface area contributed by atoms with Gasteiger partial charge >= 0.3 is 6.18 Å². The first-order valence-electron chi connectivity index (χ1n) is 6.67. The number of benzene rings is 1. The maximum atomic E-state index is 12.1. The summed E-state index contributed by atoms with van der Waals surface area (Å²) in [5.74, 6) is 0.174. The van der Waals surface area contributed by atoms with E-state index < -0.39 is 18.7 Å². The minimum Gasteiger partial charge on any atom is -0.484 e. The van der Waals surface area contributed by atoms with E-state index in [0.717, 1.165) is 0 Å². The molecule has 0 aliphatic heterocycles. The molecule has 0 atom stereocenters. The van der Waals surface area contributed by atoms with Gasteiger partial charge in [0.1, 0.15) is 17.8 Å². The maximum absolute atomic E-state index is 12.1. The average Bonchev–Trinajstić information content (AvgIpc) is 2.94. The molecule has 1 heterocycles. The molecular formula is C15H15F3N2O3. The van der Waals surface area contributed by atoms with Gasteiger partial charge in [0.2, 0.25) is 0 Å². The SMILES string of the molecule is Cc1cc(NC(=O)c2coc(CN)c2)ccc1OCC(F)(F)F. The number of nitrogens with two attached hydrogens (primary N) is 1. The van der Waals surface area contributed by atoms with Crippen LogP contribution in [0.1, 0.15) is 21.7 Å². The molecule has 0 saturated heterocycles. The number of carbonyl (C=O) groups is 1. The molecule has 1 aromatic heterocycles. The smallest absolute Gasteiger partial charge is 0.422 e. The summed E-state index contributed by atoms with van der Waals surface area (Å²) in [5.41, 5.74) is 6.60. The van der Waals surface area contributed by atoms with Gasteiger partial charge in [-0.05, 0) is 36.8 Å². The van der Waals surface area contributed by atoms with E-state index in [1.807, 2.05) is 0 Å². The second kappa shape index (κ2) is 6.74. The molecule has 2 rings (SSSR count). The predicted molar refractivity (Wildman–Crippen MR) is 77.3 cm³/mol. The number of amides is 1. The van der Waals surface area contributed by atoms with Crippen LogP contribution in [-0.4, -0.2) is 18.7 Å². The molecule has 0 bridgehead atoms. The van der Waals surface area contributed by atoms with Crippen molar-refractivity contribution in [3.8, 4) is 5.75 Å². The Labute approximate surface area is 130 Å². The first-order valence-corrected chi connectivity index (χ1v) is 6.67.